The lowest BCUT2D eigenvalue weighted by atomic mass is 9.92. The van der Waals surface area contributed by atoms with E-state index in [4.69, 9.17) is 15.2 Å². The molecule has 0 bridgehead atoms. The Bertz CT molecular complexity index is 470. The summed E-state index contributed by atoms with van der Waals surface area (Å²) in [4.78, 5) is 16.0. The summed E-state index contributed by atoms with van der Waals surface area (Å²) in [5.41, 5.74) is 6.32. The number of methoxy groups -OCH3 is 1. The van der Waals surface area contributed by atoms with Gasteiger partial charge in [-0.3, -0.25) is 0 Å². The number of carbonyl (C=O) groups excluding carboxylic acids is 1. The van der Waals surface area contributed by atoms with Crippen LogP contribution in [0.15, 0.2) is 12.3 Å². The van der Waals surface area contributed by atoms with E-state index in [9.17, 15) is 4.79 Å². The molecule has 2 rings (SSSR count). The Balaban J connectivity index is 2.26. The molecule has 1 saturated heterocycles. The lowest BCUT2D eigenvalue weighted by Crippen LogP contribution is -2.41. The summed E-state index contributed by atoms with van der Waals surface area (Å²) >= 11 is 0. The number of nitrogens with zero attached hydrogens (tertiary/aromatic N) is 1. The first-order valence-corrected chi connectivity index (χ1v) is 6.24. The lowest BCUT2D eigenvalue weighted by molar-refractivity contribution is 0.0599. The zero-order valence-electron chi connectivity index (χ0n) is 11.2. The Morgan fingerprint density at radius 1 is 1.53 bits per heavy atom. The molecular formula is C13H19N3O3. The maximum absolute atomic E-state index is 11.8. The molecule has 0 radical (unpaired) electrons. The molecule has 6 heteroatoms. The number of rotatable bonds is 3. The molecular weight excluding hydrogens is 246 g/mol. The molecule has 1 aromatic heterocycles. The zero-order valence-corrected chi connectivity index (χ0v) is 11.2. The number of esters is 1. The number of nitrogens with two attached hydrogens (primary N) is 1. The van der Waals surface area contributed by atoms with Gasteiger partial charge in [-0.25, -0.2) is 9.78 Å². The van der Waals surface area contributed by atoms with Crippen LogP contribution in [0.2, 0.25) is 0 Å². The standard InChI is InChI=1S/C13H19N3O3/c1-13(3-5-19-6-4-13)16-11-10(12(17)18-2)7-9(14)8-15-11/h7-8H,3-6,14H2,1-2H3,(H,15,16). The Kier molecular flexibility index (Phi) is 3.90. The Morgan fingerprint density at radius 3 is 2.84 bits per heavy atom. The summed E-state index contributed by atoms with van der Waals surface area (Å²) in [7, 11) is 1.34. The highest BCUT2D eigenvalue weighted by atomic mass is 16.5. The molecule has 0 amide bonds. The second-order valence-corrected chi connectivity index (χ2v) is 4.95. The second kappa shape index (κ2) is 5.44. The molecule has 0 aliphatic carbocycles. The van der Waals surface area contributed by atoms with Crippen molar-refractivity contribution in [3.8, 4) is 0 Å². The number of ether oxygens (including phenoxy) is 2. The third-order valence-electron chi connectivity index (χ3n) is 3.33. The fraction of sp³-hybridized carbons (Fsp3) is 0.538. The minimum absolute atomic E-state index is 0.135. The maximum atomic E-state index is 11.8. The monoisotopic (exact) mass is 265 g/mol. The van der Waals surface area contributed by atoms with Crippen LogP contribution in [0.3, 0.4) is 0 Å². The van der Waals surface area contributed by atoms with E-state index in [0.717, 1.165) is 12.8 Å². The molecule has 1 fully saturated rings. The SMILES string of the molecule is COC(=O)c1cc(N)cnc1NC1(C)CCOCC1. The van der Waals surface area contributed by atoms with Crippen LogP contribution in [0, 0.1) is 0 Å². The molecule has 104 valence electrons. The normalized spacial score (nSPS) is 17.8. The average Bonchev–Trinajstić information content (AvgIpc) is 2.40. The van der Waals surface area contributed by atoms with Crippen molar-refractivity contribution < 1.29 is 14.3 Å². The van der Waals surface area contributed by atoms with Gasteiger partial charge in [0.1, 0.15) is 11.4 Å². The quantitative estimate of drug-likeness (QED) is 0.804. The van der Waals surface area contributed by atoms with Crippen LogP contribution in [0.4, 0.5) is 11.5 Å². The van der Waals surface area contributed by atoms with Gasteiger partial charge in [-0.05, 0) is 25.8 Å². The molecule has 2 heterocycles. The van der Waals surface area contributed by atoms with E-state index in [0.29, 0.717) is 30.3 Å². The van der Waals surface area contributed by atoms with Gasteiger partial charge in [-0.15, -0.1) is 0 Å². The van der Waals surface area contributed by atoms with Crippen molar-refractivity contribution in [3.63, 3.8) is 0 Å². The highest BCUT2D eigenvalue weighted by Gasteiger charge is 2.29. The molecule has 0 aromatic carbocycles. The van der Waals surface area contributed by atoms with E-state index in [1.54, 1.807) is 6.07 Å². The second-order valence-electron chi connectivity index (χ2n) is 4.95. The number of hydrogen-bond donors (Lipinski definition) is 2. The van der Waals surface area contributed by atoms with Gasteiger partial charge in [-0.1, -0.05) is 0 Å². The summed E-state index contributed by atoms with van der Waals surface area (Å²) in [5.74, 6) is 0.0587. The number of anilines is 2. The first-order valence-electron chi connectivity index (χ1n) is 6.24. The van der Waals surface area contributed by atoms with Gasteiger partial charge in [0.25, 0.3) is 0 Å². The molecule has 1 aliphatic rings. The van der Waals surface area contributed by atoms with E-state index < -0.39 is 5.97 Å². The van der Waals surface area contributed by atoms with E-state index in [1.807, 2.05) is 0 Å². The number of pyridine rings is 1. The van der Waals surface area contributed by atoms with Gasteiger partial charge in [0.2, 0.25) is 0 Å². The van der Waals surface area contributed by atoms with Crippen LogP contribution in [0.5, 0.6) is 0 Å². The molecule has 0 atom stereocenters. The average molecular weight is 265 g/mol. The van der Waals surface area contributed by atoms with E-state index >= 15 is 0 Å². The number of nitrogens with one attached hydrogen (secondary N) is 1. The lowest BCUT2D eigenvalue weighted by Gasteiger charge is -2.35. The van der Waals surface area contributed by atoms with Crippen molar-refractivity contribution in [2.75, 3.05) is 31.4 Å². The van der Waals surface area contributed by atoms with Crippen molar-refractivity contribution in [1.29, 1.82) is 0 Å². The van der Waals surface area contributed by atoms with Crippen LogP contribution < -0.4 is 11.1 Å². The fourth-order valence-electron chi connectivity index (χ4n) is 2.08. The number of carbonyl (C=O) groups is 1. The first kappa shape index (κ1) is 13.6. The Hall–Kier alpha value is -1.82. The van der Waals surface area contributed by atoms with Gasteiger partial charge >= 0.3 is 5.97 Å². The molecule has 6 nitrogen and oxygen atoms in total. The third-order valence-corrected chi connectivity index (χ3v) is 3.33. The topological polar surface area (TPSA) is 86.5 Å². The fourth-order valence-corrected chi connectivity index (χ4v) is 2.08. The third kappa shape index (κ3) is 3.14. The van der Waals surface area contributed by atoms with Gasteiger partial charge < -0.3 is 20.5 Å². The van der Waals surface area contributed by atoms with Crippen LogP contribution in [-0.4, -0.2) is 36.8 Å². The molecule has 1 aliphatic heterocycles. The van der Waals surface area contributed by atoms with Crippen LogP contribution in [0.25, 0.3) is 0 Å². The van der Waals surface area contributed by atoms with Gasteiger partial charge in [0.05, 0.1) is 19.0 Å². The summed E-state index contributed by atoms with van der Waals surface area (Å²) in [6.07, 6.45) is 3.25. The van der Waals surface area contributed by atoms with Crippen molar-refractivity contribution in [2.45, 2.75) is 25.3 Å². The van der Waals surface area contributed by atoms with E-state index in [-0.39, 0.29) is 5.54 Å². The molecule has 0 saturated carbocycles. The molecule has 0 unspecified atom stereocenters. The predicted octanol–water partition coefficient (Wildman–Crippen LogP) is 1.43. The summed E-state index contributed by atoms with van der Waals surface area (Å²) in [5, 5.41) is 3.32. The summed E-state index contributed by atoms with van der Waals surface area (Å²) in [6.45, 7) is 3.49. The molecule has 0 spiro atoms. The molecule has 3 N–H and O–H groups in total. The van der Waals surface area contributed by atoms with Crippen molar-refractivity contribution in [2.24, 2.45) is 0 Å². The largest absolute Gasteiger partial charge is 0.465 e. The summed E-state index contributed by atoms with van der Waals surface area (Å²) < 4.78 is 10.1. The van der Waals surface area contributed by atoms with E-state index in [1.165, 1.54) is 13.3 Å². The Morgan fingerprint density at radius 2 is 2.21 bits per heavy atom. The van der Waals surface area contributed by atoms with E-state index in [2.05, 4.69) is 17.2 Å². The van der Waals surface area contributed by atoms with Gasteiger partial charge in [0, 0.05) is 18.8 Å². The van der Waals surface area contributed by atoms with Crippen molar-refractivity contribution in [3.05, 3.63) is 17.8 Å². The summed E-state index contributed by atoms with van der Waals surface area (Å²) in [6, 6.07) is 1.57. The van der Waals surface area contributed by atoms with Crippen molar-refractivity contribution in [1.82, 2.24) is 4.98 Å². The minimum atomic E-state index is -0.446. The molecule has 19 heavy (non-hydrogen) atoms. The predicted molar refractivity (Wildman–Crippen MR) is 72.1 cm³/mol. The van der Waals surface area contributed by atoms with Crippen LogP contribution >= 0.6 is 0 Å². The minimum Gasteiger partial charge on any atom is -0.465 e. The number of nitrogen functional groups attached to an aromatic ring is 1. The first-order chi connectivity index (χ1) is 9.04. The zero-order chi connectivity index (χ0) is 13.9. The number of aromatic nitrogens is 1. The molecule has 1 aromatic rings. The van der Waals surface area contributed by atoms with Crippen LogP contribution in [-0.2, 0) is 9.47 Å². The van der Waals surface area contributed by atoms with Gasteiger partial charge in [-0.2, -0.15) is 0 Å². The smallest absolute Gasteiger partial charge is 0.341 e. The Labute approximate surface area is 112 Å². The van der Waals surface area contributed by atoms with Gasteiger partial charge in [0.15, 0.2) is 0 Å². The number of hydrogen-bond acceptors (Lipinski definition) is 6. The van der Waals surface area contributed by atoms with Crippen LogP contribution in [0.1, 0.15) is 30.1 Å². The maximum Gasteiger partial charge on any atom is 0.341 e. The van der Waals surface area contributed by atoms with Crippen molar-refractivity contribution >= 4 is 17.5 Å². The highest BCUT2D eigenvalue weighted by molar-refractivity contribution is 5.95. The highest BCUT2D eigenvalue weighted by Crippen LogP contribution is 2.27.